The Morgan fingerprint density at radius 3 is 2.21 bits per heavy atom. The summed E-state index contributed by atoms with van der Waals surface area (Å²) >= 11 is 5.37. The number of rotatable bonds is 3. The summed E-state index contributed by atoms with van der Waals surface area (Å²) in [6, 6.07) is 4.60. The van der Waals surface area contributed by atoms with Crippen LogP contribution in [-0.2, 0) is 0 Å². The first kappa shape index (κ1) is 12.8. The van der Waals surface area contributed by atoms with Crippen LogP contribution in [0, 0.1) is 23.2 Å². The zero-order valence-corrected chi connectivity index (χ0v) is 13.7. The van der Waals surface area contributed by atoms with Gasteiger partial charge in [0, 0.05) is 10.9 Å². The van der Waals surface area contributed by atoms with Crippen LogP contribution in [0.3, 0.4) is 0 Å². The molecule has 4 bridgehead atoms. The molecule has 0 aliphatic heterocycles. The Labute approximate surface area is 128 Å². The fraction of sp³-hybridized carbons (Fsp3) is 0.750. The molecule has 1 atom stereocenters. The molecule has 0 amide bonds. The van der Waals surface area contributed by atoms with Gasteiger partial charge in [-0.2, -0.15) is 0 Å². The molecule has 104 valence electrons. The molecule has 2 N–H and O–H groups in total. The van der Waals surface area contributed by atoms with Crippen molar-refractivity contribution in [3.63, 3.8) is 0 Å². The molecule has 0 saturated heterocycles. The van der Waals surface area contributed by atoms with Gasteiger partial charge in [-0.3, -0.25) is 0 Å². The minimum atomic E-state index is 0.257. The summed E-state index contributed by atoms with van der Waals surface area (Å²) in [7, 11) is 0. The van der Waals surface area contributed by atoms with Gasteiger partial charge in [0.25, 0.3) is 0 Å². The van der Waals surface area contributed by atoms with E-state index >= 15 is 0 Å². The second-order valence-corrected chi connectivity index (χ2v) is 9.86. The summed E-state index contributed by atoms with van der Waals surface area (Å²) in [5.41, 5.74) is 7.12. The summed E-state index contributed by atoms with van der Waals surface area (Å²) in [5, 5.41) is 0. The molecule has 1 aromatic rings. The zero-order chi connectivity index (χ0) is 13.0. The van der Waals surface area contributed by atoms with Crippen LogP contribution in [0.15, 0.2) is 15.9 Å². The Balaban J connectivity index is 1.53. The highest BCUT2D eigenvalue weighted by atomic mass is 79.9. The van der Waals surface area contributed by atoms with E-state index in [2.05, 4.69) is 28.1 Å². The predicted molar refractivity (Wildman–Crippen MR) is 84.2 cm³/mol. The van der Waals surface area contributed by atoms with Crippen molar-refractivity contribution in [2.75, 3.05) is 0 Å². The average Bonchev–Trinajstić information content (AvgIpc) is 2.73. The van der Waals surface area contributed by atoms with Crippen molar-refractivity contribution in [3.05, 3.63) is 20.8 Å². The van der Waals surface area contributed by atoms with Gasteiger partial charge in [-0.1, -0.05) is 0 Å². The molecule has 4 fully saturated rings. The third-order valence-electron chi connectivity index (χ3n) is 5.78. The molecule has 0 aromatic carbocycles. The van der Waals surface area contributed by atoms with E-state index in [1.54, 1.807) is 0 Å². The van der Waals surface area contributed by atoms with Crippen LogP contribution in [0.4, 0.5) is 0 Å². The lowest BCUT2D eigenvalue weighted by Crippen LogP contribution is -2.47. The van der Waals surface area contributed by atoms with E-state index in [0.717, 1.165) is 17.8 Å². The van der Waals surface area contributed by atoms with E-state index in [1.165, 1.54) is 53.6 Å². The number of halogens is 1. The summed E-state index contributed by atoms with van der Waals surface area (Å²) in [6.45, 7) is 0. The van der Waals surface area contributed by atoms with Crippen molar-refractivity contribution >= 4 is 27.3 Å². The van der Waals surface area contributed by atoms with E-state index in [4.69, 9.17) is 5.73 Å². The van der Waals surface area contributed by atoms with Crippen molar-refractivity contribution in [2.45, 2.75) is 51.0 Å². The quantitative estimate of drug-likeness (QED) is 0.812. The maximum Gasteiger partial charge on any atom is 0.0701 e. The van der Waals surface area contributed by atoms with E-state index < -0.39 is 0 Å². The molecular formula is C16H22BrNS. The molecule has 0 radical (unpaired) electrons. The van der Waals surface area contributed by atoms with Gasteiger partial charge < -0.3 is 5.73 Å². The molecule has 1 aromatic heterocycles. The van der Waals surface area contributed by atoms with Crippen LogP contribution in [0.2, 0.25) is 0 Å². The highest BCUT2D eigenvalue weighted by molar-refractivity contribution is 9.11. The van der Waals surface area contributed by atoms with Crippen molar-refractivity contribution in [1.82, 2.24) is 0 Å². The predicted octanol–water partition coefficient (Wildman–Crippen LogP) is 5.12. The molecule has 0 spiro atoms. The van der Waals surface area contributed by atoms with Crippen molar-refractivity contribution in [2.24, 2.45) is 28.9 Å². The van der Waals surface area contributed by atoms with Crippen LogP contribution >= 0.6 is 27.3 Å². The van der Waals surface area contributed by atoms with Crippen LogP contribution < -0.4 is 5.73 Å². The molecule has 4 saturated carbocycles. The number of thiophene rings is 1. The third kappa shape index (κ3) is 2.32. The standard InChI is InChI=1S/C16H22BrNS/c17-15-2-1-14(19-15)13(18)9-16-6-10-3-11(7-16)5-12(4-10)8-16/h1-2,10-13H,3-9,18H2. The van der Waals surface area contributed by atoms with E-state index in [-0.39, 0.29) is 6.04 Å². The minimum Gasteiger partial charge on any atom is -0.323 e. The third-order valence-corrected chi connectivity index (χ3v) is 7.53. The van der Waals surface area contributed by atoms with Crippen molar-refractivity contribution in [3.8, 4) is 0 Å². The lowest BCUT2D eigenvalue weighted by atomic mass is 9.48. The Bertz CT molecular complexity index is 446. The van der Waals surface area contributed by atoms with Crippen LogP contribution in [-0.4, -0.2) is 0 Å². The van der Waals surface area contributed by atoms with E-state index in [1.807, 2.05) is 11.3 Å². The molecule has 4 aliphatic rings. The maximum atomic E-state index is 6.52. The average molecular weight is 340 g/mol. The topological polar surface area (TPSA) is 26.0 Å². The lowest BCUT2D eigenvalue weighted by Gasteiger charge is -2.57. The summed E-state index contributed by atoms with van der Waals surface area (Å²) < 4.78 is 1.21. The Kier molecular flexibility index (Phi) is 3.09. The van der Waals surface area contributed by atoms with Gasteiger partial charge in [0.2, 0.25) is 0 Å². The molecule has 1 nitrogen and oxygen atoms in total. The SMILES string of the molecule is NC(CC12CC3CC(CC(C3)C1)C2)c1ccc(Br)s1. The fourth-order valence-electron chi connectivity index (χ4n) is 5.63. The normalized spacial score (nSPS) is 41.7. The van der Waals surface area contributed by atoms with Crippen LogP contribution in [0.5, 0.6) is 0 Å². The summed E-state index contributed by atoms with van der Waals surface area (Å²) in [5.74, 6) is 3.11. The lowest BCUT2D eigenvalue weighted by molar-refractivity contribution is -0.0603. The number of hydrogen-bond acceptors (Lipinski definition) is 2. The second-order valence-electron chi connectivity index (χ2n) is 7.37. The molecule has 5 rings (SSSR count). The summed E-state index contributed by atoms with van der Waals surface area (Å²) in [6.07, 6.45) is 10.2. The van der Waals surface area contributed by atoms with Gasteiger partial charge in [0.15, 0.2) is 0 Å². The number of nitrogens with two attached hydrogens (primary N) is 1. The smallest absolute Gasteiger partial charge is 0.0701 e. The largest absolute Gasteiger partial charge is 0.323 e. The maximum absolute atomic E-state index is 6.52. The highest BCUT2D eigenvalue weighted by Crippen LogP contribution is 2.62. The molecular weight excluding hydrogens is 318 g/mol. The Morgan fingerprint density at radius 2 is 1.74 bits per heavy atom. The monoisotopic (exact) mass is 339 g/mol. The van der Waals surface area contributed by atoms with Gasteiger partial charge in [0.1, 0.15) is 0 Å². The van der Waals surface area contributed by atoms with Gasteiger partial charge in [-0.25, -0.2) is 0 Å². The first-order valence-corrected chi connectivity index (χ1v) is 9.24. The molecule has 19 heavy (non-hydrogen) atoms. The van der Waals surface area contributed by atoms with Crippen LogP contribution in [0.25, 0.3) is 0 Å². The van der Waals surface area contributed by atoms with Gasteiger partial charge in [-0.05, 0) is 96.2 Å². The second kappa shape index (κ2) is 4.57. The van der Waals surface area contributed by atoms with Crippen molar-refractivity contribution < 1.29 is 0 Å². The first-order valence-electron chi connectivity index (χ1n) is 7.63. The Morgan fingerprint density at radius 1 is 1.16 bits per heavy atom. The van der Waals surface area contributed by atoms with Crippen molar-refractivity contribution in [1.29, 1.82) is 0 Å². The zero-order valence-electron chi connectivity index (χ0n) is 11.3. The van der Waals surface area contributed by atoms with Gasteiger partial charge in [0.05, 0.1) is 3.79 Å². The van der Waals surface area contributed by atoms with Gasteiger partial charge >= 0.3 is 0 Å². The van der Waals surface area contributed by atoms with Crippen LogP contribution in [0.1, 0.15) is 55.9 Å². The fourth-order valence-corrected chi connectivity index (χ4v) is 7.06. The molecule has 3 heteroatoms. The molecule has 4 aliphatic carbocycles. The summed E-state index contributed by atoms with van der Waals surface area (Å²) in [4.78, 5) is 1.36. The molecule has 1 unspecified atom stereocenters. The molecule has 1 heterocycles. The minimum absolute atomic E-state index is 0.257. The van der Waals surface area contributed by atoms with E-state index in [0.29, 0.717) is 5.41 Å². The Hall–Kier alpha value is 0.140. The number of hydrogen-bond donors (Lipinski definition) is 1. The van der Waals surface area contributed by atoms with E-state index in [9.17, 15) is 0 Å². The first-order chi connectivity index (χ1) is 9.12. The van der Waals surface area contributed by atoms with Gasteiger partial charge in [-0.15, -0.1) is 11.3 Å². The highest BCUT2D eigenvalue weighted by Gasteiger charge is 2.51.